The van der Waals surface area contributed by atoms with E-state index in [0.717, 1.165) is 51.8 Å². The summed E-state index contributed by atoms with van der Waals surface area (Å²) < 4.78 is 7.49. The highest BCUT2D eigenvalue weighted by molar-refractivity contribution is 7.99. The Morgan fingerprint density at radius 3 is 2.56 bits per heavy atom. The molecular weight excluding hydrogens is 446 g/mol. The number of ether oxygens (including phenoxy) is 1. The Labute approximate surface area is 204 Å². The van der Waals surface area contributed by atoms with Crippen LogP contribution in [-0.2, 0) is 22.5 Å². The van der Waals surface area contributed by atoms with Crippen LogP contribution in [0.5, 0.6) is 0 Å². The maximum absolute atomic E-state index is 13.2. The van der Waals surface area contributed by atoms with Crippen molar-refractivity contribution in [3.05, 3.63) is 70.5 Å². The van der Waals surface area contributed by atoms with E-state index in [0.29, 0.717) is 34.3 Å². The number of likely N-dealkylation sites (tertiary alicyclic amines) is 1. The Balaban J connectivity index is 1.23. The number of carbonyl (C=O) groups excluding carboxylic acids is 1. The lowest BCUT2D eigenvalue weighted by Gasteiger charge is -2.32. The van der Waals surface area contributed by atoms with Crippen LogP contribution in [0.4, 0.5) is 0 Å². The van der Waals surface area contributed by atoms with Gasteiger partial charge in [0.15, 0.2) is 5.16 Å². The van der Waals surface area contributed by atoms with Gasteiger partial charge in [0, 0.05) is 19.7 Å². The van der Waals surface area contributed by atoms with Crippen molar-refractivity contribution in [2.45, 2.75) is 49.9 Å². The molecule has 3 heterocycles. The summed E-state index contributed by atoms with van der Waals surface area (Å²) in [5.41, 5.74) is 1.99. The second-order valence-corrected chi connectivity index (χ2v) is 10.2. The number of amides is 1. The van der Waals surface area contributed by atoms with Gasteiger partial charge < -0.3 is 9.64 Å². The number of carbonyl (C=O) groups is 1. The van der Waals surface area contributed by atoms with Crippen molar-refractivity contribution in [3.63, 3.8) is 0 Å². The average Bonchev–Trinajstić information content (AvgIpc) is 3.39. The molecular formula is C27H31N3O3S. The molecule has 0 N–H and O–H groups in total. The average molecular weight is 478 g/mol. The Hall–Kier alpha value is -2.64. The minimum absolute atomic E-state index is 0.0272. The van der Waals surface area contributed by atoms with Gasteiger partial charge in [-0.25, -0.2) is 4.98 Å². The molecule has 2 aliphatic heterocycles. The number of rotatable bonds is 7. The summed E-state index contributed by atoms with van der Waals surface area (Å²) >= 11 is 1.37. The second kappa shape index (κ2) is 10.7. The molecule has 1 amide bonds. The van der Waals surface area contributed by atoms with Crippen LogP contribution in [0, 0.1) is 5.92 Å². The molecule has 2 aromatic carbocycles. The van der Waals surface area contributed by atoms with Gasteiger partial charge in [-0.2, -0.15) is 0 Å². The maximum atomic E-state index is 13.2. The Bertz CT molecular complexity index is 1180. The molecule has 3 aromatic rings. The van der Waals surface area contributed by atoms with E-state index in [1.165, 1.54) is 17.3 Å². The number of thioether (sulfide) groups is 1. The van der Waals surface area contributed by atoms with Gasteiger partial charge in [-0.05, 0) is 55.7 Å². The predicted molar refractivity (Wildman–Crippen MR) is 135 cm³/mol. The molecule has 6 nitrogen and oxygen atoms in total. The number of para-hydroxylation sites is 1. The molecule has 7 heteroatoms. The highest BCUT2D eigenvalue weighted by atomic mass is 32.2. The summed E-state index contributed by atoms with van der Waals surface area (Å²) in [5.74, 6) is 1.03. The van der Waals surface area contributed by atoms with Crippen molar-refractivity contribution in [2.24, 2.45) is 5.92 Å². The first-order valence-corrected chi connectivity index (χ1v) is 13.2. The first-order chi connectivity index (χ1) is 16.7. The van der Waals surface area contributed by atoms with Crippen molar-refractivity contribution in [1.29, 1.82) is 0 Å². The summed E-state index contributed by atoms with van der Waals surface area (Å²) in [6, 6.07) is 18.0. The van der Waals surface area contributed by atoms with Gasteiger partial charge in [-0.1, -0.05) is 54.2 Å². The van der Waals surface area contributed by atoms with E-state index in [4.69, 9.17) is 9.72 Å². The Morgan fingerprint density at radius 1 is 1.03 bits per heavy atom. The van der Waals surface area contributed by atoms with Crippen molar-refractivity contribution in [1.82, 2.24) is 14.5 Å². The van der Waals surface area contributed by atoms with Crippen LogP contribution < -0.4 is 5.56 Å². The standard InChI is InChI=1S/C27H31N3O3S/c31-25(29-14-12-21(13-15-29)17-20-7-2-1-3-8-20)19-34-27-28-24-11-5-4-10-23(24)26(32)30(27)18-22-9-6-16-33-22/h1-5,7-8,10-11,21-22H,6,9,12-19H2/t22-/m0/s1. The van der Waals surface area contributed by atoms with E-state index >= 15 is 0 Å². The van der Waals surface area contributed by atoms with Crippen LogP contribution in [0.2, 0.25) is 0 Å². The van der Waals surface area contributed by atoms with E-state index < -0.39 is 0 Å². The number of piperidine rings is 1. The van der Waals surface area contributed by atoms with E-state index in [9.17, 15) is 9.59 Å². The lowest BCUT2D eigenvalue weighted by Crippen LogP contribution is -2.40. The normalized spacial score (nSPS) is 19.1. The Morgan fingerprint density at radius 2 is 1.79 bits per heavy atom. The van der Waals surface area contributed by atoms with Crippen LogP contribution in [0.15, 0.2) is 64.5 Å². The number of hydrogen-bond donors (Lipinski definition) is 0. The van der Waals surface area contributed by atoms with E-state index in [2.05, 4.69) is 24.3 Å². The van der Waals surface area contributed by atoms with Crippen molar-refractivity contribution in [2.75, 3.05) is 25.4 Å². The summed E-state index contributed by atoms with van der Waals surface area (Å²) in [6.45, 7) is 2.81. The van der Waals surface area contributed by atoms with E-state index in [1.807, 2.05) is 35.2 Å². The number of fused-ring (bicyclic) bond motifs is 1. The van der Waals surface area contributed by atoms with Gasteiger partial charge in [-0.3, -0.25) is 14.2 Å². The second-order valence-electron chi connectivity index (χ2n) is 9.26. The van der Waals surface area contributed by atoms with Gasteiger partial charge in [0.25, 0.3) is 5.56 Å². The van der Waals surface area contributed by atoms with Crippen molar-refractivity contribution in [3.8, 4) is 0 Å². The van der Waals surface area contributed by atoms with E-state index in [1.54, 1.807) is 4.57 Å². The molecule has 0 radical (unpaired) electrons. The smallest absolute Gasteiger partial charge is 0.262 e. The summed E-state index contributed by atoms with van der Waals surface area (Å²) in [4.78, 5) is 33.0. The zero-order chi connectivity index (χ0) is 23.3. The number of aromatic nitrogens is 2. The third kappa shape index (κ3) is 5.36. The monoisotopic (exact) mass is 477 g/mol. The van der Waals surface area contributed by atoms with Crippen molar-refractivity contribution < 1.29 is 9.53 Å². The lowest BCUT2D eigenvalue weighted by molar-refractivity contribution is -0.129. The first kappa shape index (κ1) is 23.1. The Kier molecular flexibility index (Phi) is 7.30. The largest absolute Gasteiger partial charge is 0.376 e. The molecule has 2 aliphatic rings. The number of benzene rings is 2. The van der Waals surface area contributed by atoms with Gasteiger partial charge >= 0.3 is 0 Å². The molecule has 1 aromatic heterocycles. The van der Waals surface area contributed by atoms with Crippen LogP contribution in [0.25, 0.3) is 10.9 Å². The molecule has 2 saturated heterocycles. The molecule has 0 spiro atoms. The molecule has 0 bridgehead atoms. The van der Waals surface area contributed by atoms with Crippen LogP contribution in [0.3, 0.4) is 0 Å². The first-order valence-electron chi connectivity index (χ1n) is 12.2. The topological polar surface area (TPSA) is 64.4 Å². The van der Waals surface area contributed by atoms with Gasteiger partial charge in [0.2, 0.25) is 5.91 Å². The molecule has 1 atom stereocenters. The molecule has 0 saturated carbocycles. The SMILES string of the molecule is O=C(CSc1nc2ccccc2c(=O)n1C[C@@H]1CCCO1)N1CCC(Cc2ccccc2)CC1. The minimum Gasteiger partial charge on any atom is -0.376 e. The number of hydrogen-bond acceptors (Lipinski definition) is 5. The maximum Gasteiger partial charge on any atom is 0.262 e. The summed E-state index contributed by atoms with van der Waals surface area (Å²) in [6.07, 6.45) is 5.13. The molecule has 2 fully saturated rings. The van der Waals surface area contributed by atoms with Crippen LogP contribution in [0.1, 0.15) is 31.2 Å². The molecule has 5 rings (SSSR count). The lowest BCUT2D eigenvalue weighted by atomic mass is 9.90. The third-order valence-corrected chi connectivity index (χ3v) is 7.86. The van der Waals surface area contributed by atoms with E-state index in [-0.39, 0.29) is 17.6 Å². The quantitative estimate of drug-likeness (QED) is 0.378. The summed E-state index contributed by atoms with van der Waals surface area (Å²) in [7, 11) is 0. The van der Waals surface area contributed by atoms with Gasteiger partial charge in [0.05, 0.1) is 29.3 Å². The molecule has 178 valence electrons. The molecule has 34 heavy (non-hydrogen) atoms. The van der Waals surface area contributed by atoms with Crippen LogP contribution in [-0.4, -0.2) is 51.9 Å². The van der Waals surface area contributed by atoms with Crippen molar-refractivity contribution >= 4 is 28.6 Å². The third-order valence-electron chi connectivity index (χ3n) is 6.90. The minimum atomic E-state index is -0.0576. The molecule has 0 aliphatic carbocycles. The van der Waals surface area contributed by atoms with Crippen LogP contribution >= 0.6 is 11.8 Å². The fourth-order valence-electron chi connectivity index (χ4n) is 4.96. The summed E-state index contributed by atoms with van der Waals surface area (Å²) in [5, 5.41) is 1.21. The fourth-order valence-corrected chi connectivity index (χ4v) is 5.87. The zero-order valence-corrected chi connectivity index (χ0v) is 20.2. The molecule has 0 unspecified atom stereocenters. The van der Waals surface area contributed by atoms with Gasteiger partial charge in [-0.15, -0.1) is 0 Å². The highest BCUT2D eigenvalue weighted by Crippen LogP contribution is 2.24. The fraction of sp³-hybridized carbons (Fsp3) is 0.444. The number of nitrogens with zero attached hydrogens (tertiary/aromatic N) is 3. The highest BCUT2D eigenvalue weighted by Gasteiger charge is 2.24. The predicted octanol–water partition coefficient (Wildman–Crippen LogP) is 4.15. The zero-order valence-electron chi connectivity index (χ0n) is 19.4. The van der Waals surface area contributed by atoms with Gasteiger partial charge in [0.1, 0.15) is 0 Å².